The van der Waals surface area contributed by atoms with Crippen LogP contribution in [0.3, 0.4) is 0 Å². The first-order chi connectivity index (χ1) is 6.80. The second-order valence-corrected chi connectivity index (χ2v) is 8.18. The number of halogens is 1. The molecule has 0 saturated heterocycles. The van der Waals surface area contributed by atoms with E-state index in [0.29, 0.717) is 5.92 Å². The van der Waals surface area contributed by atoms with Crippen LogP contribution in [0, 0.1) is 16.7 Å². The van der Waals surface area contributed by atoms with E-state index in [1.54, 1.807) is 0 Å². The third-order valence-electron chi connectivity index (χ3n) is 4.81. The zero-order chi connectivity index (χ0) is 11.1. The third-order valence-corrected chi connectivity index (χ3v) is 7.22. The molecule has 1 spiro atoms. The summed E-state index contributed by atoms with van der Waals surface area (Å²) in [4.78, 5) is 0.179. The Kier molecular flexibility index (Phi) is 1.71. The second kappa shape index (κ2) is 2.50. The number of alkyl halides is 1. The summed E-state index contributed by atoms with van der Waals surface area (Å²) in [6, 6.07) is 0. The van der Waals surface area contributed by atoms with E-state index >= 15 is 0 Å². The topological polar surface area (TPSA) is 46.5 Å². The molecule has 0 unspecified atom stereocenters. The van der Waals surface area contributed by atoms with Gasteiger partial charge < -0.3 is 0 Å². The molecule has 0 aromatic carbocycles. The van der Waals surface area contributed by atoms with Crippen LogP contribution in [0.1, 0.15) is 26.7 Å². The molecule has 84 valence electrons. The van der Waals surface area contributed by atoms with Crippen LogP contribution in [0.4, 0.5) is 0 Å². The van der Waals surface area contributed by atoms with Crippen LogP contribution in [0.5, 0.6) is 0 Å². The summed E-state index contributed by atoms with van der Waals surface area (Å²) in [5.41, 5.74) is 0.817. The van der Waals surface area contributed by atoms with Crippen molar-refractivity contribution < 1.29 is 8.42 Å². The van der Waals surface area contributed by atoms with Crippen LogP contribution in [0.25, 0.3) is 0 Å². The maximum atomic E-state index is 11.7. The van der Waals surface area contributed by atoms with Gasteiger partial charge in [0.25, 0.3) is 10.0 Å². The molecule has 0 aromatic rings. The average Bonchev–Trinajstić information content (AvgIpc) is 2.54. The minimum atomic E-state index is -3.20. The van der Waals surface area contributed by atoms with Gasteiger partial charge in [-0.15, -0.1) is 0 Å². The summed E-state index contributed by atoms with van der Waals surface area (Å²) in [6.45, 7) is 4.39. The molecule has 2 fully saturated rings. The molecule has 3 aliphatic rings. The van der Waals surface area contributed by atoms with Gasteiger partial charge in [0.2, 0.25) is 0 Å². The summed E-state index contributed by atoms with van der Waals surface area (Å²) in [7, 11) is -3.20. The predicted octanol–water partition coefficient (Wildman–Crippen LogP) is 1.97. The van der Waals surface area contributed by atoms with Crippen molar-refractivity contribution in [3.05, 3.63) is 0 Å². The van der Waals surface area contributed by atoms with Gasteiger partial charge >= 0.3 is 0 Å². The zero-order valence-corrected chi connectivity index (χ0v) is 11.2. The van der Waals surface area contributed by atoms with Gasteiger partial charge in [0, 0.05) is 5.41 Å². The van der Waals surface area contributed by atoms with Crippen LogP contribution in [-0.4, -0.2) is 24.7 Å². The van der Waals surface area contributed by atoms with E-state index in [0.717, 1.165) is 18.6 Å². The summed E-state index contributed by atoms with van der Waals surface area (Å²) < 4.78 is 27.3. The fraction of sp³-hybridized carbons (Fsp3) is 0.900. The standard InChI is InChI=1S/C10H14BrNO2S/c1-9(2)6-3-4-10(9)5-15(13,14)12-8(10)7(6)11/h6-7H,3-5H2,1-2H3/t6-,7-,10-/m1/s1. The Morgan fingerprint density at radius 2 is 2.13 bits per heavy atom. The van der Waals surface area contributed by atoms with Crippen LogP contribution in [-0.2, 0) is 10.0 Å². The lowest BCUT2D eigenvalue weighted by molar-refractivity contribution is 0.200. The second-order valence-electron chi connectivity index (χ2n) is 5.55. The highest BCUT2D eigenvalue weighted by atomic mass is 79.9. The Labute approximate surface area is 98.5 Å². The number of rotatable bonds is 0. The minimum Gasteiger partial charge on any atom is -0.205 e. The quantitative estimate of drug-likeness (QED) is 0.641. The van der Waals surface area contributed by atoms with Crippen molar-refractivity contribution in [3.63, 3.8) is 0 Å². The molecule has 0 N–H and O–H groups in total. The maximum Gasteiger partial charge on any atom is 0.254 e. The Morgan fingerprint density at radius 3 is 2.73 bits per heavy atom. The van der Waals surface area contributed by atoms with Crippen LogP contribution < -0.4 is 0 Å². The van der Waals surface area contributed by atoms with Gasteiger partial charge in [-0.05, 0) is 24.2 Å². The number of fused-ring (bicyclic) bond motifs is 1. The van der Waals surface area contributed by atoms with Gasteiger partial charge in [-0.25, -0.2) is 8.42 Å². The van der Waals surface area contributed by atoms with Gasteiger partial charge in [-0.1, -0.05) is 29.8 Å². The first kappa shape index (κ1) is 10.3. The van der Waals surface area contributed by atoms with Crippen molar-refractivity contribution in [2.45, 2.75) is 31.5 Å². The van der Waals surface area contributed by atoms with Crippen molar-refractivity contribution in [1.82, 2.24) is 0 Å². The largest absolute Gasteiger partial charge is 0.254 e. The summed E-state index contributed by atoms with van der Waals surface area (Å²) in [5.74, 6) is 0.785. The first-order valence-electron chi connectivity index (χ1n) is 5.27. The Hall–Kier alpha value is 0.1000. The monoisotopic (exact) mass is 291 g/mol. The van der Waals surface area contributed by atoms with E-state index in [4.69, 9.17) is 0 Å². The lowest BCUT2D eigenvalue weighted by atomic mass is 9.70. The Bertz CT molecular complexity index is 468. The third kappa shape index (κ3) is 0.971. The molecule has 0 amide bonds. The summed E-state index contributed by atoms with van der Waals surface area (Å²) in [6.07, 6.45) is 2.11. The van der Waals surface area contributed by atoms with E-state index in [1.165, 1.54) is 0 Å². The van der Waals surface area contributed by atoms with Gasteiger partial charge in [0.1, 0.15) is 0 Å². The molecule has 5 heteroatoms. The lowest BCUT2D eigenvalue weighted by Gasteiger charge is -2.33. The molecule has 1 heterocycles. The SMILES string of the molecule is CC1(C)[C@@H]2CC[C@]13CS(=O)(=O)N=C3[C@@H]2Br. The average molecular weight is 292 g/mol. The number of sulfonamides is 1. The van der Waals surface area contributed by atoms with E-state index in [9.17, 15) is 8.42 Å². The maximum absolute atomic E-state index is 11.7. The van der Waals surface area contributed by atoms with Gasteiger partial charge in [0.05, 0.1) is 16.3 Å². The minimum absolute atomic E-state index is 0.0730. The molecule has 2 aliphatic carbocycles. The molecular weight excluding hydrogens is 278 g/mol. The molecular formula is C10H14BrNO2S. The van der Waals surface area contributed by atoms with Gasteiger partial charge in [-0.2, -0.15) is 4.40 Å². The predicted molar refractivity (Wildman–Crippen MR) is 62.9 cm³/mol. The van der Waals surface area contributed by atoms with E-state index in [2.05, 4.69) is 34.2 Å². The number of hydrogen-bond donors (Lipinski definition) is 0. The highest BCUT2D eigenvalue weighted by Gasteiger charge is 2.70. The fourth-order valence-corrected chi connectivity index (χ4v) is 7.37. The number of nitrogens with zero attached hydrogens (tertiary/aromatic N) is 1. The lowest BCUT2D eigenvalue weighted by Crippen LogP contribution is -2.37. The van der Waals surface area contributed by atoms with Crippen molar-refractivity contribution >= 4 is 31.7 Å². The van der Waals surface area contributed by atoms with E-state index in [1.807, 2.05) is 0 Å². The van der Waals surface area contributed by atoms with Crippen LogP contribution in [0.2, 0.25) is 0 Å². The highest BCUT2D eigenvalue weighted by Crippen LogP contribution is 2.67. The van der Waals surface area contributed by atoms with E-state index in [-0.39, 0.29) is 21.4 Å². The first-order valence-corrected chi connectivity index (χ1v) is 7.80. The fourth-order valence-electron chi connectivity index (χ4n) is 3.83. The zero-order valence-electron chi connectivity index (χ0n) is 8.83. The highest BCUT2D eigenvalue weighted by molar-refractivity contribution is 9.10. The van der Waals surface area contributed by atoms with Crippen LogP contribution >= 0.6 is 15.9 Å². The Morgan fingerprint density at radius 1 is 1.47 bits per heavy atom. The van der Waals surface area contributed by atoms with Crippen molar-refractivity contribution in [2.75, 3.05) is 5.75 Å². The van der Waals surface area contributed by atoms with E-state index < -0.39 is 10.0 Å². The van der Waals surface area contributed by atoms with Crippen molar-refractivity contribution in [1.29, 1.82) is 0 Å². The number of hydrogen-bond acceptors (Lipinski definition) is 2. The molecule has 3 nitrogen and oxygen atoms in total. The molecule has 2 saturated carbocycles. The van der Waals surface area contributed by atoms with Gasteiger partial charge in [0.15, 0.2) is 0 Å². The summed E-state index contributed by atoms with van der Waals surface area (Å²) >= 11 is 3.63. The molecule has 2 bridgehead atoms. The summed E-state index contributed by atoms with van der Waals surface area (Å²) in [5, 5.41) is 0. The molecule has 0 radical (unpaired) electrons. The van der Waals surface area contributed by atoms with Crippen molar-refractivity contribution in [3.8, 4) is 0 Å². The molecule has 0 aromatic heterocycles. The molecule has 15 heavy (non-hydrogen) atoms. The Balaban J connectivity index is 2.26. The van der Waals surface area contributed by atoms with Crippen LogP contribution in [0.15, 0.2) is 4.40 Å². The normalized spacial score (nSPS) is 49.1. The van der Waals surface area contributed by atoms with Crippen molar-refractivity contribution in [2.24, 2.45) is 21.1 Å². The smallest absolute Gasteiger partial charge is 0.205 e. The molecule has 3 rings (SSSR count). The molecule has 1 aliphatic heterocycles. The van der Waals surface area contributed by atoms with Gasteiger partial charge in [-0.3, -0.25) is 0 Å². The molecule has 3 atom stereocenters.